The Balaban J connectivity index is 2.72. The van der Waals surface area contributed by atoms with Gasteiger partial charge in [0, 0.05) is 39.2 Å². The Hall–Kier alpha value is -1.98. The number of carbonyl (C=O) groups excluding carboxylic acids is 1. The van der Waals surface area contributed by atoms with Crippen molar-refractivity contribution < 1.29 is 13.9 Å². The lowest BCUT2D eigenvalue weighted by molar-refractivity contribution is -0.128. The van der Waals surface area contributed by atoms with Crippen molar-refractivity contribution in [1.82, 2.24) is 4.90 Å². The summed E-state index contributed by atoms with van der Waals surface area (Å²) in [5.74, 6) is -0.335. The summed E-state index contributed by atoms with van der Waals surface area (Å²) < 4.78 is 19.0. The fraction of sp³-hybridized carbons (Fsp3) is 0.500. The number of anilines is 2. The maximum Gasteiger partial charge on any atom is 0.223 e. The van der Waals surface area contributed by atoms with E-state index in [2.05, 4.69) is 5.32 Å². The zero-order valence-electron chi connectivity index (χ0n) is 12.4. The zero-order chi connectivity index (χ0) is 15.3. The molecule has 1 aromatic carbocycles. The predicted octanol–water partition coefficient (Wildman–Crippen LogP) is 2.09. The minimum atomic E-state index is -0.494. The molecule has 0 heterocycles. The summed E-state index contributed by atoms with van der Waals surface area (Å²) in [5.41, 5.74) is 6.60. The van der Waals surface area contributed by atoms with Crippen molar-refractivity contribution in [3.05, 3.63) is 17.9 Å². The summed E-state index contributed by atoms with van der Waals surface area (Å²) in [6.07, 6.45) is 0.209. The fourth-order valence-corrected chi connectivity index (χ4v) is 1.59. The van der Waals surface area contributed by atoms with E-state index in [0.29, 0.717) is 18.7 Å². The average Bonchev–Trinajstić information content (AvgIpc) is 2.33. The molecule has 0 bridgehead atoms. The standard InChI is InChI=1S/C14H22FN3O2/c1-9(2)20-13-8-12(11(16)7-10(13)15)17-6-5-14(19)18(3)4/h7-9,17H,5-6,16H2,1-4H3. The van der Waals surface area contributed by atoms with Crippen LogP contribution in [0.5, 0.6) is 5.75 Å². The second kappa shape index (κ2) is 6.98. The molecule has 0 spiro atoms. The van der Waals surface area contributed by atoms with Crippen LogP contribution in [0.25, 0.3) is 0 Å². The van der Waals surface area contributed by atoms with Crippen LogP contribution in [-0.4, -0.2) is 37.6 Å². The van der Waals surface area contributed by atoms with Gasteiger partial charge in [0.15, 0.2) is 11.6 Å². The molecule has 3 N–H and O–H groups in total. The van der Waals surface area contributed by atoms with Crippen molar-refractivity contribution in [2.24, 2.45) is 0 Å². The molecule has 0 atom stereocenters. The molecule has 5 nitrogen and oxygen atoms in total. The number of carbonyl (C=O) groups is 1. The molecule has 0 aliphatic carbocycles. The van der Waals surface area contributed by atoms with E-state index in [4.69, 9.17) is 10.5 Å². The molecule has 0 aromatic heterocycles. The van der Waals surface area contributed by atoms with E-state index in [1.165, 1.54) is 17.0 Å². The van der Waals surface area contributed by atoms with Crippen LogP contribution in [0, 0.1) is 5.82 Å². The molecular weight excluding hydrogens is 261 g/mol. The first-order valence-electron chi connectivity index (χ1n) is 6.51. The van der Waals surface area contributed by atoms with Crippen molar-refractivity contribution in [3.8, 4) is 5.75 Å². The molecule has 0 radical (unpaired) electrons. The van der Waals surface area contributed by atoms with Crippen molar-refractivity contribution in [3.63, 3.8) is 0 Å². The van der Waals surface area contributed by atoms with E-state index in [1.54, 1.807) is 14.1 Å². The lowest BCUT2D eigenvalue weighted by Crippen LogP contribution is -2.24. The third kappa shape index (κ3) is 4.60. The van der Waals surface area contributed by atoms with E-state index in [0.717, 1.165) is 0 Å². The molecule has 6 heteroatoms. The van der Waals surface area contributed by atoms with Crippen LogP contribution in [0.2, 0.25) is 0 Å². The highest BCUT2D eigenvalue weighted by Gasteiger charge is 2.11. The van der Waals surface area contributed by atoms with Crippen LogP contribution < -0.4 is 15.8 Å². The zero-order valence-corrected chi connectivity index (χ0v) is 12.4. The first-order chi connectivity index (χ1) is 9.31. The van der Waals surface area contributed by atoms with Gasteiger partial charge in [-0.25, -0.2) is 4.39 Å². The van der Waals surface area contributed by atoms with Gasteiger partial charge >= 0.3 is 0 Å². The second-order valence-electron chi connectivity index (χ2n) is 5.00. The predicted molar refractivity (Wildman–Crippen MR) is 78.4 cm³/mol. The highest BCUT2D eigenvalue weighted by molar-refractivity contribution is 5.76. The summed E-state index contributed by atoms with van der Waals surface area (Å²) in [5, 5.41) is 3.02. The van der Waals surface area contributed by atoms with Gasteiger partial charge in [0.1, 0.15) is 0 Å². The number of amides is 1. The Kier molecular flexibility index (Phi) is 5.61. The monoisotopic (exact) mass is 283 g/mol. The van der Waals surface area contributed by atoms with E-state index >= 15 is 0 Å². The fourth-order valence-electron chi connectivity index (χ4n) is 1.59. The van der Waals surface area contributed by atoms with Crippen molar-refractivity contribution in [1.29, 1.82) is 0 Å². The van der Waals surface area contributed by atoms with Gasteiger partial charge < -0.3 is 20.7 Å². The van der Waals surface area contributed by atoms with Gasteiger partial charge in [-0.05, 0) is 13.8 Å². The maximum absolute atomic E-state index is 13.7. The molecule has 0 saturated carbocycles. The number of nitrogen functional groups attached to an aromatic ring is 1. The van der Waals surface area contributed by atoms with Gasteiger partial charge in [-0.2, -0.15) is 0 Å². The van der Waals surface area contributed by atoms with Crippen LogP contribution in [0.15, 0.2) is 12.1 Å². The van der Waals surface area contributed by atoms with Crippen LogP contribution in [0.1, 0.15) is 20.3 Å². The molecule has 1 aromatic rings. The molecule has 0 aliphatic rings. The SMILES string of the molecule is CC(C)Oc1cc(NCCC(=O)N(C)C)c(N)cc1F. The van der Waals surface area contributed by atoms with Crippen molar-refractivity contribution >= 4 is 17.3 Å². The third-order valence-electron chi connectivity index (χ3n) is 2.62. The molecule has 0 fully saturated rings. The Morgan fingerprint density at radius 3 is 2.65 bits per heavy atom. The summed E-state index contributed by atoms with van der Waals surface area (Å²) in [4.78, 5) is 13.0. The maximum atomic E-state index is 13.7. The first-order valence-corrected chi connectivity index (χ1v) is 6.51. The molecule has 1 amide bonds. The van der Waals surface area contributed by atoms with Crippen LogP contribution in [0.4, 0.5) is 15.8 Å². The van der Waals surface area contributed by atoms with E-state index < -0.39 is 5.82 Å². The Morgan fingerprint density at radius 1 is 1.45 bits per heavy atom. The second-order valence-corrected chi connectivity index (χ2v) is 5.00. The topological polar surface area (TPSA) is 67.6 Å². The lowest BCUT2D eigenvalue weighted by atomic mass is 10.2. The number of nitrogens with one attached hydrogen (secondary N) is 1. The van der Waals surface area contributed by atoms with Gasteiger partial charge in [-0.15, -0.1) is 0 Å². The third-order valence-corrected chi connectivity index (χ3v) is 2.62. The molecule has 1 rings (SSSR count). The summed E-state index contributed by atoms with van der Waals surface area (Å²) in [7, 11) is 3.40. The molecule has 0 unspecified atom stereocenters. The summed E-state index contributed by atoms with van der Waals surface area (Å²) in [6.45, 7) is 4.06. The molecule has 112 valence electrons. The van der Waals surface area contributed by atoms with Crippen LogP contribution >= 0.6 is 0 Å². The Bertz CT molecular complexity index is 476. The number of ether oxygens (including phenoxy) is 1. The molecule has 0 saturated heterocycles. The highest BCUT2D eigenvalue weighted by atomic mass is 19.1. The van der Waals surface area contributed by atoms with E-state index in [9.17, 15) is 9.18 Å². The number of benzene rings is 1. The molecule has 20 heavy (non-hydrogen) atoms. The summed E-state index contributed by atoms with van der Waals surface area (Å²) >= 11 is 0. The van der Waals surface area contributed by atoms with E-state index in [-0.39, 0.29) is 23.4 Å². The highest BCUT2D eigenvalue weighted by Crippen LogP contribution is 2.28. The number of nitrogens with two attached hydrogens (primary N) is 1. The van der Waals surface area contributed by atoms with Gasteiger partial charge in [-0.1, -0.05) is 0 Å². The van der Waals surface area contributed by atoms with Gasteiger partial charge in [-0.3, -0.25) is 4.79 Å². The number of nitrogens with zero attached hydrogens (tertiary/aromatic N) is 1. The van der Waals surface area contributed by atoms with Crippen LogP contribution in [0.3, 0.4) is 0 Å². The molecule has 0 aliphatic heterocycles. The first kappa shape index (κ1) is 16.1. The van der Waals surface area contributed by atoms with Crippen molar-refractivity contribution in [2.75, 3.05) is 31.7 Å². The normalized spacial score (nSPS) is 10.5. The summed E-state index contributed by atoms with van der Waals surface area (Å²) in [6, 6.07) is 2.73. The minimum Gasteiger partial charge on any atom is -0.488 e. The van der Waals surface area contributed by atoms with Gasteiger partial charge in [0.25, 0.3) is 0 Å². The van der Waals surface area contributed by atoms with Gasteiger partial charge in [0.05, 0.1) is 17.5 Å². The Morgan fingerprint density at radius 2 is 2.10 bits per heavy atom. The van der Waals surface area contributed by atoms with Crippen LogP contribution in [-0.2, 0) is 4.79 Å². The average molecular weight is 283 g/mol. The van der Waals surface area contributed by atoms with Crippen molar-refractivity contribution in [2.45, 2.75) is 26.4 Å². The minimum absolute atomic E-state index is 0.0110. The lowest BCUT2D eigenvalue weighted by Gasteiger charge is -2.15. The molecular formula is C14H22FN3O2. The Labute approximate surface area is 118 Å². The number of hydrogen-bond donors (Lipinski definition) is 2. The largest absolute Gasteiger partial charge is 0.488 e. The number of halogens is 1. The number of hydrogen-bond acceptors (Lipinski definition) is 4. The quantitative estimate of drug-likeness (QED) is 0.784. The van der Waals surface area contributed by atoms with Gasteiger partial charge in [0.2, 0.25) is 5.91 Å². The smallest absolute Gasteiger partial charge is 0.223 e. The number of rotatable bonds is 6. The van der Waals surface area contributed by atoms with E-state index in [1.807, 2.05) is 13.8 Å².